The number of hydrogen-bond acceptors (Lipinski definition) is 3. The van der Waals surface area contributed by atoms with Crippen LogP contribution < -0.4 is 0 Å². The van der Waals surface area contributed by atoms with E-state index in [1.165, 1.54) is 0 Å². The molecule has 1 aromatic carbocycles. The number of ether oxygens (including phenoxy) is 1. The average Bonchev–Trinajstić information content (AvgIpc) is 2.43. The molecular formula is C13H14F3NO3. The zero-order chi connectivity index (χ0) is 15.3. The Morgan fingerprint density at radius 3 is 2.30 bits per heavy atom. The Kier molecular flexibility index (Phi) is 5.54. The molecule has 0 heterocycles. The van der Waals surface area contributed by atoms with Gasteiger partial charge < -0.3 is 9.64 Å². The van der Waals surface area contributed by atoms with Gasteiger partial charge in [-0.1, -0.05) is 6.92 Å². The normalized spacial score (nSPS) is 11.8. The standard InChI is InChI=1S/C13H14F3NO3/c1-3-11(17(7-18)6-12(19)20-2)8-4-9(14)13(16)10(15)5-8/h4-5,7,11H,3,6H2,1-2H3. The number of benzene rings is 1. The zero-order valence-corrected chi connectivity index (χ0v) is 11.0. The van der Waals surface area contributed by atoms with Gasteiger partial charge in [0.15, 0.2) is 17.5 Å². The third-order valence-corrected chi connectivity index (χ3v) is 2.85. The molecule has 0 radical (unpaired) electrons. The van der Waals surface area contributed by atoms with E-state index in [4.69, 9.17) is 0 Å². The van der Waals surface area contributed by atoms with Gasteiger partial charge >= 0.3 is 5.97 Å². The molecule has 0 bridgehead atoms. The molecule has 110 valence electrons. The summed E-state index contributed by atoms with van der Waals surface area (Å²) in [5.41, 5.74) is 0.0694. The van der Waals surface area contributed by atoms with Crippen LogP contribution in [0.15, 0.2) is 12.1 Å². The van der Waals surface area contributed by atoms with E-state index < -0.39 is 29.5 Å². The summed E-state index contributed by atoms with van der Waals surface area (Å²) in [6.45, 7) is 1.30. The van der Waals surface area contributed by atoms with Crippen LogP contribution in [-0.2, 0) is 14.3 Å². The maximum absolute atomic E-state index is 13.2. The summed E-state index contributed by atoms with van der Waals surface area (Å²) in [5, 5.41) is 0. The molecule has 0 aliphatic heterocycles. The molecule has 0 aromatic heterocycles. The molecule has 20 heavy (non-hydrogen) atoms. The Hall–Kier alpha value is -2.05. The number of methoxy groups -OCH3 is 1. The number of esters is 1. The van der Waals surface area contributed by atoms with E-state index in [0.29, 0.717) is 12.8 Å². The molecule has 0 spiro atoms. The van der Waals surface area contributed by atoms with Crippen molar-refractivity contribution >= 4 is 12.4 Å². The lowest BCUT2D eigenvalue weighted by molar-refractivity contribution is -0.145. The molecular weight excluding hydrogens is 275 g/mol. The highest BCUT2D eigenvalue weighted by Crippen LogP contribution is 2.26. The molecule has 1 atom stereocenters. The monoisotopic (exact) mass is 289 g/mol. The Labute approximate surface area is 114 Å². The Bertz CT molecular complexity index is 485. The van der Waals surface area contributed by atoms with E-state index in [9.17, 15) is 22.8 Å². The van der Waals surface area contributed by atoms with Crippen molar-refractivity contribution in [3.05, 3.63) is 35.1 Å². The van der Waals surface area contributed by atoms with E-state index in [0.717, 1.165) is 24.1 Å². The average molecular weight is 289 g/mol. The minimum absolute atomic E-state index is 0.0694. The van der Waals surface area contributed by atoms with Gasteiger partial charge in [-0.3, -0.25) is 9.59 Å². The quantitative estimate of drug-likeness (QED) is 0.458. The van der Waals surface area contributed by atoms with Crippen molar-refractivity contribution in [1.29, 1.82) is 0 Å². The first-order chi connectivity index (χ1) is 9.44. The van der Waals surface area contributed by atoms with Gasteiger partial charge in [0.25, 0.3) is 0 Å². The number of hydrogen-bond donors (Lipinski definition) is 0. The van der Waals surface area contributed by atoms with Gasteiger partial charge in [-0.15, -0.1) is 0 Å². The topological polar surface area (TPSA) is 46.6 Å². The largest absolute Gasteiger partial charge is 0.468 e. The first kappa shape index (κ1) is 16.0. The summed E-state index contributed by atoms with van der Waals surface area (Å²) in [5.74, 6) is -4.93. The second kappa shape index (κ2) is 6.93. The van der Waals surface area contributed by atoms with Gasteiger partial charge in [0.2, 0.25) is 6.41 Å². The van der Waals surface area contributed by atoms with Gasteiger partial charge in [-0.2, -0.15) is 0 Å². The fourth-order valence-electron chi connectivity index (χ4n) is 1.86. The minimum atomic E-state index is -1.57. The first-order valence-electron chi connectivity index (χ1n) is 5.86. The third kappa shape index (κ3) is 3.49. The van der Waals surface area contributed by atoms with Gasteiger partial charge in [-0.05, 0) is 24.1 Å². The first-order valence-corrected chi connectivity index (χ1v) is 5.86. The molecule has 4 nitrogen and oxygen atoms in total. The van der Waals surface area contributed by atoms with Crippen molar-refractivity contribution in [2.45, 2.75) is 19.4 Å². The summed E-state index contributed by atoms with van der Waals surface area (Å²) < 4.78 is 43.8. The number of carbonyl (C=O) groups is 2. The second-order valence-electron chi connectivity index (χ2n) is 4.08. The number of amides is 1. The van der Waals surface area contributed by atoms with E-state index in [-0.39, 0.29) is 12.1 Å². The van der Waals surface area contributed by atoms with Crippen molar-refractivity contribution in [2.24, 2.45) is 0 Å². The lowest BCUT2D eigenvalue weighted by Gasteiger charge is -2.26. The molecule has 0 fully saturated rings. The van der Waals surface area contributed by atoms with Crippen LogP contribution in [0.2, 0.25) is 0 Å². The lowest BCUT2D eigenvalue weighted by Crippen LogP contribution is -2.33. The summed E-state index contributed by atoms with van der Waals surface area (Å²) >= 11 is 0. The fourth-order valence-corrected chi connectivity index (χ4v) is 1.86. The number of rotatable bonds is 6. The van der Waals surface area contributed by atoms with Gasteiger partial charge in [0, 0.05) is 0 Å². The molecule has 7 heteroatoms. The summed E-state index contributed by atoms with van der Waals surface area (Å²) in [6, 6.07) is 0.858. The van der Waals surface area contributed by atoms with Crippen LogP contribution in [0.5, 0.6) is 0 Å². The Morgan fingerprint density at radius 1 is 1.35 bits per heavy atom. The molecule has 1 unspecified atom stereocenters. The molecule has 1 aromatic rings. The molecule has 0 saturated carbocycles. The van der Waals surface area contributed by atoms with Gasteiger partial charge in [0.1, 0.15) is 6.54 Å². The van der Waals surface area contributed by atoms with Crippen molar-refractivity contribution in [1.82, 2.24) is 4.90 Å². The Morgan fingerprint density at radius 2 is 1.90 bits per heavy atom. The fraction of sp³-hybridized carbons (Fsp3) is 0.385. The lowest BCUT2D eigenvalue weighted by atomic mass is 10.0. The van der Waals surface area contributed by atoms with Crippen LogP contribution in [0.25, 0.3) is 0 Å². The summed E-state index contributed by atoms with van der Waals surface area (Å²) in [4.78, 5) is 23.3. The molecule has 0 saturated heterocycles. The van der Waals surface area contributed by atoms with Crippen LogP contribution >= 0.6 is 0 Å². The van der Waals surface area contributed by atoms with E-state index >= 15 is 0 Å². The maximum Gasteiger partial charge on any atom is 0.325 e. The van der Waals surface area contributed by atoms with Crippen molar-refractivity contribution in [3.63, 3.8) is 0 Å². The van der Waals surface area contributed by atoms with Gasteiger partial charge in [0.05, 0.1) is 13.2 Å². The smallest absolute Gasteiger partial charge is 0.325 e. The molecule has 1 amide bonds. The minimum Gasteiger partial charge on any atom is -0.468 e. The zero-order valence-electron chi connectivity index (χ0n) is 11.0. The molecule has 1 rings (SSSR count). The van der Waals surface area contributed by atoms with Crippen LogP contribution in [0.1, 0.15) is 24.9 Å². The molecule has 0 aliphatic carbocycles. The van der Waals surface area contributed by atoms with E-state index in [1.54, 1.807) is 6.92 Å². The third-order valence-electron chi connectivity index (χ3n) is 2.85. The van der Waals surface area contributed by atoms with Crippen LogP contribution in [0.3, 0.4) is 0 Å². The Balaban J connectivity index is 3.10. The van der Waals surface area contributed by atoms with Crippen molar-refractivity contribution in [2.75, 3.05) is 13.7 Å². The molecule has 0 aliphatic rings. The highest BCUT2D eigenvalue weighted by atomic mass is 19.2. The predicted octanol–water partition coefficient (Wildman–Crippen LogP) is 2.19. The highest BCUT2D eigenvalue weighted by Gasteiger charge is 2.23. The van der Waals surface area contributed by atoms with Crippen molar-refractivity contribution < 1.29 is 27.5 Å². The SMILES string of the molecule is CCC(c1cc(F)c(F)c(F)c1)N(C=O)CC(=O)OC. The van der Waals surface area contributed by atoms with Gasteiger partial charge in [-0.25, -0.2) is 13.2 Å². The van der Waals surface area contributed by atoms with Crippen LogP contribution in [-0.4, -0.2) is 30.9 Å². The van der Waals surface area contributed by atoms with Crippen molar-refractivity contribution in [3.8, 4) is 0 Å². The second-order valence-corrected chi connectivity index (χ2v) is 4.08. The maximum atomic E-state index is 13.2. The highest BCUT2D eigenvalue weighted by molar-refractivity contribution is 5.74. The van der Waals surface area contributed by atoms with Crippen LogP contribution in [0.4, 0.5) is 13.2 Å². The number of nitrogens with zero attached hydrogens (tertiary/aromatic N) is 1. The number of carbonyl (C=O) groups excluding carboxylic acids is 2. The van der Waals surface area contributed by atoms with E-state index in [1.807, 2.05) is 0 Å². The summed E-state index contributed by atoms with van der Waals surface area (Å²) in [6.07, 6.45) is 0.671. The van der Waals surface area contributed by atoms with Crippen LogP contribution in [0, 0.1) is 17.5 Å². The predicted molar refractivity (Wildman–Crippen MR) is 64.1 cm³/mol. The summed E-state index contributed by atoms with van der Waals surface area (Å²) in [7, 11) is 1.16. The van der Waals surface area contributed by atoms with E-state index in [2.05, 4.69) is 4.74 Å². The number of halogens is 3. The molecule has 0 N–H and O–H groups in total.